The average Bonchev–Trinajstić information content (AvgIpc) is 2.69. The molecule has 0 atom stereocenters. The molecular formula is C21H27N3O2. The summed E-state index contributed by atoms with van der Waals surface area (Å²) in [6.45, 7) is 3.34. The minimum absolute atomic E-state index is 0.180. The fourth-order valence-corrected chi connectivity index (χ4v) is 2.60. The van der Waals surface area contributed by atoms with Crippen molar-refractivity contribution >= 4 is 11.8 Å². The number of carbonyl (C=O) groups excluding carboxylic acids is 2. The third-order valence-electron chi connectivity index (χ3n) is 4.09. The highest BCUT2D eigenvalue weighted by Crippen LogP contribution is 2.04. The van der Waals surface area contributed by atoms with Crippen LogP contribution < -0.4 is 10.6 Å². The zero-order chi connectivity index (χ0) is 18.6. The van der Waals surface area contributed by atoms with Gasteiger partial charge in [-0.15, -0.1) is 0 Å². The van der Waals surface area contributed by atoms with E-state index >= 15 is 0 Å². The minimum Gasteiger partial charge on any atom is -0.352 e. The highest BCUT2D eigenvalue weighted by molar-refractivity contribution is 5.98. The van der Waals surface area contributed by atoms with Gasteiger partial charge in [0, 0.05) is 24.8 Å². The van der Waals surface area contributed by atoms with Gasteiger partial charge in [-0.2, -0.15) is 0 Å². The molecule has 0 spiro atoms. The Hall–Kier alpha value is -2.69. The molecule has 26 heavy (non-hydrogen) atoms. The van der Waals surface area contributed by atoms with Crippen LogP contribution in [0.2, 0.25) is 0 Å². The third kappa shape index (κ3) is 6.67. The predicted molar refractivity (Wildman–Crippen MR) is 103 cm³/mol. The van der Waals surface area contributed by atoms with E-state index in [0.29, 0.717) is 18.7 Å². The van der Waals surface area contributed by atoms with Crippen LogP contribution in [0.3, 0.4) is 0 Å². The van der Waals surface area contributed by atoms with Crippen LogP contribution >= 0.6 is 0 Å². The Morgan fingerprint density at radius 2 is 1.65 bits per heavy atom. The first-order valence-electron chi connectivity index (χ1n) is 9.27. The van der Waals surface area contributed by atoms with Gasteiger partial charge in [-0.3, -0.25) is 14.6 Å². The predicted octanol–water partition coefficient (Wildman–Crippen LogP) is 3.36. The van der Waals surface area contributed by atoms with Gasteiger partial charge in [0.05, 0.1) is 0 Å². The van der Waals surface area contributed by atoms with Crippen LogP contribution in [0.4, 0.5) is 0 Å². The molecule has 1 heterocycles. The Kier molecular flexibility index (Phi) is 8.33. The molecule has 0 fully saturated rings. The topological polar surface area (TPSA) is 71.1 Å². The van der Waals surface area contributed by atoms with E-state index in [0.717, 1.165) is 32.1 Å². The van der Waals surface area contributed by atoms with Crippen molar-refractivity contribution in [1.82, 2.24) is 15.6 Å². The van der Waals surface area contributed by atoms with E-state index in [1.54, 1.807) is 12.1 Å². The van der Waals surface area contributed by atoms with Gasteiger partial charge in [-0.25, -0.2) is 0 Å². The van der Waals surface area contributed by atoms with Crippen molar-refractivity contribution in [3.8, 4) is 0 Å². The van der Waals surface area contributed by atoms with E-state index in [1.165, 1.54) is 11.8 Å². The molecule has 0 saturated heterocycles. The minimum atomic E-state index is -0.236. The summed E-state index contributed by atoms with van der Waals surface area (Å²) in [7, 11) is 0. The Morgan fingerprint density at radius 3 is 2.42 bits per heavy atom. The number of nitrogens with zero attached hydrogens (tertiary/aromatic N) is 1. The maximum absolute atomic E-state index is 12.3. The van der Waals surface area contributed by atoms with E-state index in [9.17, 15) is 9.59 Å². The van der Waals surface area contributed by atoms with Gasteiger partial charge in [0.2, 0.25) is 0 Å². The van der Waals surface area contributed by atoms with Gasteiger partial charge in [0.25, 0.3) is 11.8 Å². The van der Waals surface area contributed by atoms with Gasteiger partial charge in [-0.1, -0.05) is 50.1 Å². The summed E-state index contributed by atoms with van der Waals surface area (Å²) in [6.07, 6.45) is 6.42. The SMILES string of the molecule is CCCCCNC(=O)c1cc(C(=O)NCCCc2ccccc2)ccn1. The van der Waals surface area contributed by atoms with Gasteiger partial charge in [0.15, 0.2) is 0 Å². The van der Waals surface area contributed by atoms with E-state index in [-0.39, 0.29) is 17.5 Å². The number of rotatable bonds is 10. The molecule has 2 amide bonds. The highest BCUT2D eigenvalue weighted by atomic mass is 16.2. The molecule has 0 unspecified atom stereocenters. The molecule has 5 nitrogen and oxygen atoms in total. The molecule has 2 aromatic rings. The second-order valence-corrected chi connectivity index (χ2v) is 6.24. The van der Waals surface area contributed by atoms with Gasteiger partial charge in [-0.05, 0) is 37.0 Å². The summed E-state index contributed by atoms with van der Waals surface area (Å²) in [5, 5.41) is 5.73. The van der Waals surface area contributed by atoms with Gasteiger partial charge in [0.1, 0.15) is 5.69 Å². The molecule has 0 aliphatic rings. The lowest BCUT2D eigenvalue weighted by molar-refractivity contribution is 0.0948. The first-order chi connectivity index (χ1) is 12.7. The summed E-state index contributed by atoms with van der Waals surface area (Å²) >= 11 is 0. The molecular weight excluding hydrogens is 326 g/mol. The number of benzene rings is 1. The van der Waals surface area contributed by atoms with Crippen molar-refractivity contribution in [3.63, 3.8) is 0 Å². The Morgan fingerprint density at radius 1 is 0.923 bits per heavy atom. The third-order valence-corrected chi connectivity index (χ3v) is 4.09. The molecule has 2 N–H and O–H groups in total. The molecule has 0 aliphatic heterocycles. The number of hydrogen-bond donors (Lipinski definition) is 2. The van der Waals surface area contributed by atoms with Gasteiger partial charge >= 0.3 is 0 Å². The van der Waals surface area contributed by atoms with Crippen LogP contribution in [0, 0.1) is 0 Å². The van der Waals surface area contributed by atoms with Crippen molar-refractivity contribution in [2.24, 2.45) is 0 Å². The summed E-state index contributed by atoms with van der Waals surface area (Å²) in [4.78, 5) is 28.4. The highest BCUT2D eigenvalue weighted by Gasteiger charge is 2.11. The normalized spacial score (nSPS) is 10.3. The fourth-order valence-electron chi connectivity index (χ4n) is 2.60. The van der Waals surface area contributed by atoms with Crippen LogP contribution in [-0.2, 0) is 6.42 Å². The van der Waals surface area contributed by atoms with Crippen molar-refractivity contribution in [2.75, 3.05) is 13.1 Å². The van der Waals surface area contributed by atoms with E-state index < -0.39 is 0 Å². The molecule has 1 aromatic heterocycles. The van der Waals surface area contributed by atoms with E-state index in [4.69, 9.17) is 0 Å². The summed E-state index contributed by atoms with van der Waals surface area (Å²) in [5.74, 6) is -0.416. The second kappa shape index (κ2) is 11.0. The van der Waals surface area contributed by atoms with E-state index in [1.807, 2.05) is 18.2 Å². The molecule has 0 saturated carbocycles. The smallest absolute Gasteiger partial charge is 0.269 e. The lowest BCUT2D eigenvalue weighted by Gasteiger charge is -2.07. The number of nitrogens with one attached hydrogen (secondary N) is 2. The van der Waals surface area contributed by atoms with Crippen LogP contribution in [0.15, 0.2) is 48.7 Å². The lowest BCUT2D eigenvalue weighted by Crippen LogP contribution is -2.27. The van der Waals surface area contributed by atoms with Crippen molar-refractivity contribution < 1.29 is 9.59 Å². The lowest BCUT2D eigenvalue weighted by atomic mass is 10.1. The first kappa shape index (κ1) is 19.6. The number of pyridine rings is 1. The van der Waals surface area contributed by atoms with Crippen molar-refractivity contribution in [3.05, 3.63) is 65.5 Å². The van der Waals surface area contributed by atoms with Crippen molar-refractivity contribution in [1.29, 1.82) is 0 Å². The van der Waals surface area contributed by atoms with Crippen LogP contribution in [0.1, 0.15) is 59.0 Å². The largest absolute Gasteiger partial charge is 0.352 e. The zero-order valence-electron chi connectivity index (χ0n) is 15.3. The number of amides is 2. The van der Waals surface area contributed by atoms with E-state index in [2.05, 4.69) is 34.7 Å². The number of hydrogen-bond acceptors (Lipinski definition) is 3. The number of aryl methyl sites for hydroxylation is 1. The number of unbranched alkanes of at least 4 members (excludes halogenated alkanes) is 2. The Balaban J connectivity index is 1.78. The van der Waals surface area contributed by atoms with Crippen LogP contribution in [-0.4, -0.2) is 29.9 Å². The van der Waals surface area contributed by atoms with Gasteiger partial charge < -0.3 is 10.6 Å². The molecule has 2 rings (SSSR count). The molecule has 0 bridgehead atoms. The van der Waals surface area contributed by atoms with Crippen LogP contribution in [0.5, 0.6) is 0 Å². The summed E-state index contributed by atoms with van der Waals surface area (Å²) in [6, 6.07) is 13.3. The maximum Gasteiger partial charge on any atom is 0.269 e. The average molecular weight is 353 g/mol. The summed E-state index contributed by atoms with van der Waals surface area (Å²) in [5.41, 5.74) is 1.99. The molecule has 1 aromatic carbocycles. The second-order valence-electron chi connectivity index (χ2n) is 6.24. The van der Waals surface area contributed by atoms with Crippen molar-refractivity contribution in [2.45, 2.75) is 39.0 Å². The molecule has 5 heteroatoms. The molecule has 138 valence electrons. The monoisotopic (exact) mass is 353 g/mol. The van der Waals surface area contributed by atoms with Crippen LogP contribution in [0.25, 0.3) is 0 Å². The Labute approximate surface area is 155 Å². The quantitative estimate of drug-likeness (QED) is 0.643. The Bertz CT molecular complexity index is 701. The first-order valence-corrected chi connectivity index (χ1v) is 9.27. The standard InChI is InChI=1S/C21H27N3O2/c1-2-3-7-13-24-21(26)19-16-18(12-15-22-19)20(25)23-14-8-11-17-9-5-4-6-10-17/h4-6,9-10,12,15-16H,2-3,7-8,11,13-14H2,1H3,(H,23,25)(H,24,26). The molecule has 0 radical (unpaired) electrons. The summed E-state index contributed by atoms with van der Waals surface area (Å²) < 4.78 is 0. The number of aromatic nitrogens is 1. The number of carbonyl (C=O) groups is 2. The zero-order valence-corrected chi connectivity index (χ0v) is 15.3. The molecule has 0 aliphatic carbocycles. The maximum atomic E-state index is 12.3. The fraction of sp³-hybridized carbons (Fsp3) is 0.381.